The van der Waals surface area contributed by atoms with E-state index in [-0.39, 0.29) is 11.8 Å². The van der Waals surface area contributed by atoms with Crippen molar-refractivity contribution in [3.8, 4) is 0 Å². The fraction of sp³-hybridized carbons (Fsp3) is 0.474. The summed E-state index contributed by atoms with van der Waals surface area (Å²) in [5.41, 5.74) is 1.57. The number of nitrogens with one attached hydrogen (secondary N) is 2. The maximum Gasteiger partial charge on any atom is 0.251 e. The number of benzene rings is 1. The summed E-state index contributed by atoms with van der Waals surface area (Å²) in [6, 6.07) is 7.64. The average Bonchev–Trinajstić information content (AvgIpc) is 3.34. The highest BCUT2D eigenvalue weighted by Gasteiger charge is 2.23. The van der Waals surface area contributed by atoms with E-state index in [1.807, 2.05) is 12.1 Å². The quantitative estimate of drug-likeness (QED) is 0.572. The van der Waals surface area contributed by atoms with Gasteiger partial charge in [-0.3, -0.25) is 9.59 Å². The van der Waals surface area contributed by atoms with Gasteiger partial charge in [-0.15, -0.1) is 0 Å². The van der Waals surface area contributed by atoms with Crippen molar-refractivity contribution in [1.82, 2.24) is 10.6 Å². The maximum atomic E-state index is 11.9. The lowest BCUT2D eigenvalue weighted by atomic mass is 10.1. The van der Waals surface area contributed by atoms with Gasteiger partial charge in [0.25, 0.3) is 5.91 Å². The second kappa shape index (κ2) is 8.51. The molecule has 0 radical (unpaired) electrons. The average molecular weight is 314 g/mol. The zero-order chi connectivity index (χ0) is 16.7. The zero-order valence-corrected chi connectivity index (χ0v) is 14.0. The van der Waals surface area contributed by atoms with Gasteiger partial charge >= 0.3 is 0 Å². The molecule has 2 rings (SSSR count). The van der Waals surface area contributed by atoms with Crippen LogP contribution in [0.1, 0.15) is 55.5 Å². The van der Waals surface area contributed by atoms with Gasteiger partial charge in [-0.05, 0) is 55.4 Å². The van der Waals surface area contributed by atoms with Crippen molar-refractivity contribution in [3.05, 3.63) is 41.5 Å². The zero-order valence-electron chi connectivity index (χ0n) is 14.0. The number of carbonyl (C=O) groups is 2. The molecule has 0 aliphatic heterocycles. The van der Waals surface area contributed by atoms with Gasteiger partial charge in [0.1, 0.15) is 0 Å². The molecule has 1 fully saturated rings. The smallest absolute Gasteiger partial charge is 0.251 e. The Balaban J connectivity index is 1.75. The lowest BCUT2D eigenvalue weighted by Gasteiger charge is -2.05. The molecule has 0 heterocycles. The summed E-state index contributed by atoms with van der Waals surface area (Å²) in [5.74, 6) is 0.563. The predicted octanol–water partition coefficient (Wildman–Crippen LogP) is 3.14. The highest BCUT2D eigenvalue weighted by molar-refractivity contribution is 5.95. The van der Waals surface area contributed by atoms with Crippen LogP contribution < -0.4 is 10.6 Å². The fourth-order valence-corrected chi connectivity index (χ4v) is 2.19. The minimum atomic E-state index is -0.0793. The van der Waals surface area contributed by atoms with Gasteiger partial charge < -0.3 is 10.6 Å². The summed E-state index contributed by atoms with van der Waals surface area (Å²) in [5, 5.41) is 5.83. The molecule has 0 saturated heterocycles. The molecule has 0 atom stereocenters. The normalized spacial score (nSPS) is 14.2. The van der Waals surface area contributed by atoms with Crippen LogP contribution in [0.15, 0.2) is 30.3 Å². The van der Waals surface area contributed by atoms with Crippen molar-refractivity contribution < 1.29 is 9.59 Å². The van der Waals surface area contributed by atoms with E-state index >= 15 is 0 Å². The van der Waals surface area contributed by atoms with Gasteiger partial charge in [-0.1, -0.05) is 26.0 Å². The van der Waals surface area contributed by atoms with E-state index in [1.54, 1.807) is 18.2 Å². The van der Waals surface area contributed by atoms with Crippen molar-refractivity contribution in [1.29, 1.82) is 0 Å². The van der Waals surface area contributed by atoms with E-state index < -0.39 is 0 Å². The third-order valence-corrected chi connectivity index (χ3v) is 3.77. The highest BCUT2D eigenvalue weighted by Crippen LogP contribution is 2.19. The van der Waals surface area contributed by atoms with Crippen LogP contribution in [0, 0.1) is 5.92 Å². The van der Waals surface area contributed by atoms with Crippen LogP contribution in [-0.2, 0) is 4.79 Å². The molecule has 0 spiro atoms. The number of hydrogen-bond acceptors (Lipinski definition) is 2. The van der Waals surface area contributed by atoms with Crippen LogP contribution in [0.5, 0.6) is 0 Å². The van der Waals surface area contributed by atoms with E-state index in [4.69, 9.17) is 0 Å². The first-order valence-electron chi connectivity index (χ1n) is 8.41. The number of hydrogen-bond donors (Lipinski definition) is 2. The van der Waals surface area contributed by atoms with E-state index in [0.717, 1.165) is 31.2 Å². The second-order valence-corrected chi connectivity index (χ2v) is 6.53. The summed E-state index contributed by atoms with van der Waals surface area (Å²) >= 11 is 0. The van der Waals surface area contributed by atoms with Crippen LogP contribution in [0.25, 0.3) is 6.08 Å². The summed E-state index contributed by atoms with van der Waals surface area (Å²) in [4.78, 5) is 23.6. The Hall–Kier alpha value is -2.10. The summed E-state index contributed by atoms with van der Waals surface area (Å²) in [6.45, 7) is 5.06. The van der Waals surface area contributed by atoms with Crippen molar-refractivity contribution >= 4 is 17.9 Å². The standard InChI is InChI=1S/C19H26N2O2/c1-14(2)4-3-13-20-18(22)12-7-15-5-8-16(9-6-15)19(23)21-17-10-11-17/h5-9,12,14,17H,3-4,10-11,13H2,1-2H3,(H,20,22)(H,21,23)/b12-7+. The van der Waals surface area contributed by atoms with Gasteiger partial charge in [0.05, 0.1) is 0 Å². The monoisotopic (exact) mass is 314 g/mol. The third-order valence-electron chi connectivity index (χ3n) is 3.77. The largest absolute Gasteiger partial charge is 0.353 e. The number of amides is 2. The lowest BCUT2D eigenvalue weighted by molar-refractivity contribution is -0.116. The summed E-state index contributed by atoms with van der Waals surface area (Å²) in [6.07, 6.45) is 7.59. The third kappa shape index (κ3) is 6.68. The van der Waals surface area contributed by atoms with Gasteiger partial charge in [-0.25, -0.2) is 0 Å². The molecule has 1 aromatic carbocycles. The van der Waals surface area contributed by atoms with Crippen molar-refractivity contribution in [2.24, 2.45) is 5.92 Å². The molecule has 2 amide bonds. The molecule has 1 aliphatic carbocycles. The second-order valence-electron chi connectivity index (χ2n) is 6.53. The minimum Gasteiger partial charge on any atom is -0.353 e. The van der Waals surface area contributed by atoms with Gasteiger partial charge in [0.15, 0.2) is 0 Å². The van der Waals surface area contributed by atoms with Crippen molar-refractivity contribution in [2.45, 2.75) is 45.6 Å². The van der Waals surface area contributed by atoms with Crippen LogP contribution in [0.2, 0.25) is 0 Å². The van der Waals surface area contributed by atoms with Crippen LogP contribution in [0.3, 0.4) is 0 Å². The minimum absolute atomic E-state index is 0.0223. The summed E-state index contributed by atoms with van der Waals surface area (Å²) in [7, 11) is 0. The lowest BCUT2D eigenvalue weighted by Crippen LogP contribution is -2.25. The first kappa shape index (κ1) is 17.3. The van der Waals surface area contributed by atoms with Crippen LogP contribution >= 0.6 is 0 Å². The van der Waals surface area contributed by atoms with E-state index in [1.165, 1.54) is 6.08 Å². The molecular formula is C19H26N2O2. The van der Waals surface area contributed by atoms with E-state index in [9.17, 15) is 9.59 Å². The molecule has 1 saturated carbocycles. The topological polar surface area (TPSA) is 58.2 Å². The number of rotatable bonds is 8. The van der Waals surface area contributed by atoms with Gasteiger partial charge in [0, 0.05) is 24.2 Å². The predicted molar refractivity (Wildman–Crippen MR) is 93.0 cm³/mol. The molecular weight excluding hydrogens is 288 g/mol. The first-order valence-corrected chi connectivity index (χ1v) is 8.41. The number of carbonyl (C=O) groups excluding carboxylic acids is 2. The van der Waals surface area contributed by atoms with Crippen LogP contribution in [0.4, 0.5) is 0 Å². The molecule has 4 nitrogen and oxygen atoms in total. The van der Waals surface area contributed by atoms with Crippen molar-refractivity contribution in [3.63, 3.8) is 0 Å². The Morgan fingerprint density at radius 3 is 2.52 bits per heavy atom. The molecule has 1 aliphatic rings. The molecule has 0 bridgehead atoms. The maximum absolute atomic E-state index is 11.9. The Morgan fingerprint density at radius 2 is 1.91 bits per heavy atom. The molecule has 0 unspecified atom stereocenters. The SMILES string of the molecule is CC(C)CCCNC(=O)/C=C/c1ccc(C(=O)NC2CC2)cc1. The van der Waals surface area contributed by atoms with Gasteiger partial charge in [-0.2, -0.15) is 0 Å². The molecule has 0 aromatic heterocycles. The fourth-order valence-electron chi connectivity index (χ4n) is 2.19. The molecule has 2 N–H and O–H groups in total. The van der Waals surface area contributed by atoms with Crippen LogP contribution in [-0.4, -0.2) is 24.4 Å². The molecule has 124 valence electrons. The Bertz CT molecular complexity index is 557. The van der Waals surface area contributed by atoms with E-state index in [0.29, 0.717) is 24.1 Å². The first-order chi connectivity index (χ1) is 11.0. The van der Waals surface area contributed by atoms with Crippen molar-refractivity contribution in [2.75, 3.05) is 6.54 Å². The molecule has 1 aromatic rings. The Labute approximate surface area is 138 Å². The van der Waals surface area contributed by atoms with Gasteiger partial charge in [0.2, 0.25) is 5.91 Å². The summed E-state index contributed by atoms with van der Waals surface area (Å²) < 4.78 is 0. The molecule has 23 heavy (non-hydrogen) atoms. The van der Waals surface area contributed by atoms with E-state index in [2.05, 4.69) is 24.5 Å². The Kier molecular flexibility index (Phi) is 6.39. The highest BCUT2D eigenvalue weighted by atomic mass is 16.2. The Morgan fingerprint density at radius 1 is 1.22 bits per heavy atom. The molecule has 4 heteroatoms.